The van der Waals surface area contributed by atoms with Gasteiger partial charge in [0.15, 0.2) is 9.84 Å². The second-order valence-electron chi connectivity index (χ2n) is 8.98. The number of amidine groups is 1. The molecule has 3 aromatic carbocycles. The summed E-state index contributed by atoms with van der Waals surface area (Å²) >= 11 is 0. The van der Waals surface area contributed by atoms with E-state index in [1.807, 2.05) is 30.3 Å². The lowest BCUT2D eigenvalue weighted by Crippen LogP contribution is -2.26. The number of nitrogens with two attached hydrogens (primary N) is 1. The van der Waals surface area contributed by atoms with Crippen molar-refractivity contribution in [2.24, 2.45) is 17.6 Å². The zero-order valence-corrected chi connectivity index (χ0v) is 20.5. The summed E-state index contributed by atoms with van der Waals surface area (Å²) < 4.78 is 24.3. The second kappa shape index (κ2) is 10.7. The highest BCUT2D eigenvalue weighted by Gasteiger charge is 2.21. The fourth-order valence-electron chi connectivity index (χ4n) is 4.01. The number of sulfone groups is 1. The molecule has 34 heavy (non-hydrogen) atoms. The minimum absolute atomic E-state index is 0.00393. The number of anilines is 1. The molecule has 0 aliphatic carbocycles. The van der Waals surface area contributed by atoms with Gasteiger partial charge in [0.2, 0.25) is 5.91 Å². The minimum Gasteiger partial charge on any atom is -0.384 e. The van der Waals surface area contributed by atoms with Crippen molar-refractivity contribution in [3.05, 3.63) is 83.9 Å². The van der Waals surface area contributed by atoms with Gasteiger partial charge in [0.1, 0.15) is 5.84 Å². The van der Waals surface area contributed by atoms with Gasteiger partial charge in [-0.2, -0.15) is 0 Å². The van der Waals surface area contributed by atoms with Crippen LogP contribution in [0.2, 0.25) is 0 Å². The summed E-state index contributed by atoms with van der Waals surface area (Å²) in [6.07, 6.45) is 2.46. The Bertz CT molecular complexity index is 1280. The molecular weight excluding hydrogens is 446 g/mol. The standard InChI is InChI=1S/C27H31N3O3S/c1-18(2)15-22(17-19-7-6-8-21(16-19)26(28)29)27(31)30-23-13-11-20(12-14-23)24-9-4-5-10-25(24)34(3,32)33/h4-14,16,18,22H,15,17H2,1-3H3,(H3,28,29)(H,30,31). The molecule has 4 N–H and O–H groups in total. The summed E-state index contributed by atoms with van der Waals surface area (Å²) in [4.78, 5) is 13.4. The van der Waals surface area contributed by atoms with Gasteiger partial charge in [-0.15, -0.1) is 0 Å². The van der Waals surface area contributed by atoms with Gasteiger partial charge in [0, 0.05) is 29.0 Å². The highest BCUT2D eigenvalue weighted by atomic mass is 32.2. The molecular formula is C27H31N3O3S. The van der Waals surface area contributed by atoms with Crippen LogP contribution in [0.3, 0.4) is 0 Å². The molecule has 0 aromatic heterocycles. The number of nitrogens with one attached hydrogen (secondary N) is 2. The Hall–Kier alpha value is -3.45. The number of carbonyl (C=O) groups is 1. The lowest BCUT2D eigenvalue weighted by molar-refractivity contribution is -0.120. The Balaban J connectivity index is 1.79. The molecule has 6 nitrogen and oxygen atoms in total. The molecule has 0 radical (unpaired) electrons. The molecule has 0 saturated heterocycles. The van der Waals surface area contributed by atoms with E-state index in [9.17, 15) is 13.2 Å². The molecule has 1 amide bonds. The summed E-state index contributed by atoms with van der Waals surface area (Å²) in [7, 11) is -3.36. The second-order valence-corrected chi connectivity index (χ2v) is 11.0. The Morgan fingerprint density at radius 3 is 2.29 bits per heavy atom. The third kappa shape index (κ3) is 6.54. The van der Waals surface area contributed by atoms with Crippen LogP contribution in [0.1, 0.15) is 31.4 Å². The molecule has 0 aliphatic rings. The van der Waals surface area contributed by atoms with Gasteiger partial charge in [-0.25, -0.2) is 8.42 Å². The Kier molecular flexibility index (Phi) is 7.89. The van der Waals surface area contributed by atoms with Crippen molar-refractivity contribution in [1.29, 1.82) is 5.41 Å². The summed E-state index contributed by atoms with van der Waals surface area (Å²) in [6.45, 7) is 4.17. The number of rotatable bonds is 9. The Labute approximate surface area is 201 Å². The van der Waals surface area contributed by atoms with Crippen LogP contribution in [0.5, 0.6) is 0 Å². The van der Waals surface area contributed by atoms with E-state index in [0.717, 1.165) is 17.5 Å². The maximum atomic E-state index is 13.2. The van der Waals surface area contributed by atoms with Crippen LogP contribution in [0, 0.1) is 17.2 Å². The molecule has 3 aromatic rings. The summed E-state index contributed by atoms with van der Waals surface area (Å²) in [5.74, 6) is 0.0184. The van der Waals surface area contributed by atoms with E-state index in [1.165, 1.54) is 6.26 Å². The van der Waals surface area contributed by atoms with E-state index < -0.39 is 9.84 Å². The molecule has 0 fully saturated rings. The van der Waals surface area contributed by atoms with Gasteiger partial charge >= 0.3 is 0 Å². The van der Waals surface area contributed by atoms with Crippen molar-refractivity contribution in [1.82, 2.24) is 0 Å². The maximum absolute atomic E-state index is 13.2. The highest BCUT2D eigenvalue weighted by Crippen LogP contribution is 2.28. The van der Waals surface area contributed by atoms with E-state index in [2.05, 4.69) is 19.2 Å². The monoisotopic (exact) mass is 477 g/mol. The number of amides is 1. The smallest absolute Gasteiger partial charge is 0.227 e. The highest BCUT2D eigenvalue weighted by molar-refractivity contribution is 7.90. The zero-order chi connectivity index (χ0) is 24.9. The van der Waals surface area contributed by atoms with Crippen LogP contribution >= 0.6 is 0 Å². The average Bonchev–Trinajstić information content (AvgIpc) is 2.78. The molecule has 0 spiro atoms. The van der Waals surface area contributed by atoms with Gasteiger partial charge in [-0.1, -0.05) is 62.4 Å². The van der Waals surface area contributed by atoms with E-state index in [-0.39, 0.29) is 22.6 Å². The lowest BCUT2D eigenvalue weighted by Gasteiger charge is -2.19. The largest absolute Gasteiger partial charge is 0.384 e. The molecule has 0 heterocycles. The quantitative estimate of drug-likeness (QED) is 0.301. The number of benzene rings is 3. The van der Waals surface area contributed by atoms with Crippen molar-refractivity contribution < 1.29 is 13.2 Å². The molecule has 0 bridgehead atoms. The first-order chi connectivity index (χ1) is 16.0. The van der Waals surface area contributed by atoms with Crippen molar-refractivity contribution in [3.63, 3.8) is 0 Å². The van der Waals surface area contributed by atoms with Crippen LogP contribution < -0.4 is 11.1 Å². The molecule has 1 unspecified atom stereocenters. The fraction of sp³-hybridized carbons (Fsp3) is 0.259. The van der Waals surface area contributed by atoms with Crippen LogP contribution in [0.25, 0.3) is 11.1 Å². The van der Waals surface area contributed by atoms with Gasteiger partial charge < -0.3 is 11.1 Å². The predicted molar refractivity (Wildman–Crippen MR) is 138 cm³/mol. The molecule has 178 valence electrons. The van der Waals surface area contributed by atoms with E-state index in [4.69, 9.17) is 11.1 Å². The third-order valence-electron chi connectivity index (χ3n) is 5.60. The van der Waals surface area contributed by atoms with Gasteiger partial charge in [-0.05, 0) is 54.2 Å². The van der Waals surface area contributed by atoms with Crippen molar-refractivity contribution in [2.45, 2.75) is 31.6 Å². The minimum atomic E-state index is -3.36. The molecule has 0 saturated carbocycles. The van der Waals surface area contributed by atoms with Gasteiger partial charge in [0.05, 0.1) is 4.90 Å². The van der Waals surface area contributed by atoms with E-state index in [0.29, 0.717) is 29.2 Å². The van der Waals surface area contributed by atoms with Crippen LogP contribution in [-0.2, 0) is 21.1 Å². The summed E-state index contributed by atoms with van der Waals surface area (Å²) in [6, 6.07) is 21.5. The first kappa shape index (κ1) is 25.2. The first-order valence-electron chi connectivity index (χ1n) is 11.2. The summed E-state index contributed by atoms with van der Waals surface area (Å²) in [5, 5.41) is 10.7. The number of hydrogen-bond acceptors (Lipinski definition) is 4. The SMILES string of the molecule is CC(C)CC(Cc1cccc(C(=N)N)c1)C(=O)Nc1ccc(-c2ccccc2S(C)(=O)=O)cc1. The Morgan fingerprint density at radius 2 is 1.68 bits per heavy atom. The Morgan fingerprint density at radius 1 is 1.00 bits per heavy atom. The first-order valence-corrected chi connectivity index (χ1v) is 13.1. The van der Waals surface area contributed by atoms with Gasteiger partial charge in [0.25, 0.3) is 0 Å². The predicted octanol–water partition coefficient (Wildman–Crippen LogP) is 4.88. The lowest BCUT2D eigenvalue weighted by atomic mass is 9.89. The number of carbonyl (C=O) groups excluding carboxylic acids is 1. The van der Waals surface area contributed by atoms with Crippen molar-refractivity contribution in [2.75, 3.05) is 11.6 Å². The van der Waals surface area contributed by atoms with Crippen LogP contribution in [0.4, 0.5) is 5.69 Å². The normalized spacial score (nSPS) is 12.4. The van der Waals surface area contributed by atoms with E-state index >= 15 is 0 Å². The summed E-state index contributed by atoms with van der Waals surface area (Å²) in [5.41, 5.74) is 9.26. The third-order valence-corrected chi connectivity index (χ3v) is 6.75. The molecule has 7 heteroatoms. The number of hydrogen-bond donors (Lipinski definition) is 3. The fourth-order valence-corrected chi connectivity index (χ4v) is 4.92. The van der Waals surface area contributed by atoms with Crippen molar-refractivity contribution in [3.8, 4) is 11.1 Å². The topological polar surface area (TPSA) is 113 Å². The number of nitrogen functional groups attached to an aromatic ring is 1. The molecule has 3 rings (SSSR count). The van der Waals surface area contributed by atoms with Gasteiger partial charge in [-0.3, -0.25) is 10.2 Å². The van der Waals surface area contributed by atoms with Crippen LogP contribution in [0.15, 0.2) is 77.7 Å². The zero-order valence-electron chi connectivity index (χ0n) is 19.7. The van der Waals surface area contributed by atoms with Crippen LogP contribution in [-0.4, -0.2) is 26.4 Å². The molecule has 0 aliphatic heterocycles. The van der Waals surface area contributed by atoms with E-state index in [1.54, 1.807) is 42.5 Å². The maximum Gasteiger partial charge on any atom is 0.227 e. The molecule has 1 atom stereocenters. The van der Waals surface area contributed by atoms with Crippen molar-refractivity contribution >= 4 is 27.3 Å². The average molecular weight is 478 g/mol.